The second kappa shape index (κ2) is 5.88. The zero-order chi connectivity index (χ0) is 14.9. The minimum atomic E-state index is -3.37. The average molecular weight is 327 g/mol. The van der Waals surface area contributed by atoms with Gasteiger partial charge in [-0.2, -0.15) is 4.31 Å². The van der Waals surface area contributed by atoms with E-state index in [1.807, 2.05) is 0 Å². The Morgan fingerprint density at radius 2 is 2.19 bits per heavy atom. The van der Waals surface area contributed by atoms with Crippen LogP contribution in [0.1, 0.15) is 24.8 Å². The van der Waals surface area contributed by atoms with E-state index in [1.54, 1.807) is 29.9 Å². The lowest BCUT2D eigenvalue weighted by molar-refractivity contribution is 0.0696. The van der Waals surface area contributed by atoms with Crippen molar-refractivity contribution in [2.24, 2.45) is 5.92 Å². The van der Waals surface area contributed by atoms with E-state index in [2.05, 4.69) is 9.97 Å². The van der Waals surface area contributed by atoms with Gasteiger partial charge in [-0.25, -0.2) is 13.4 Å². The predicted octanol–water partition coefficient (Wildman–Crippen LogP) is 1.61. The van der Waals surface area contributed by atoms with Crippen molar-refractivity contribution >= 4 is 21.4 Å². The van der Waals surface area contributed by atoms with Crippen molar-refractivity contribution < 1.29 is 13.5 Å². The Morgan fingerprint density at radius 3 is 2.76 bits per heavy atom. The maximum absolute atomic E-state index is 12.4. The highest BCUT2D eigenvalue weighted by Crippen LogP contribution is 2.32. The maximum atomic E-state index is 12.4. The first-order valence-electron chi connectivity index (χ1n) is 6.80. The number of hydrogen-bond donors (Lipinski definition) is 2. The number of imidazole rings is 1. The number of thiophene rings is 1. The Hall–Kier alpha value is -1.22. The monoisotopic (exact) mass is 327 g/mol. The van der Waals surface area contributed by atoms with Gasteiger partial charge in [0.25, 0.3) is 10.0 Å². The Labute approximate surface area is 127 Å². The van der Waals surface area contributed by atoms with Gasteiger partial charge in [-0.3, -0.25) is 0 Å². The van der Waals surface area contributed by atoms with Crippen LogP contribution < -0.4 is 0 Å². The first kappa shape index (κ1) is 14.7. The van der Waals surface area contributed by atoms with E-state index in [4.69, 9.17) is 0 Å². The number of aliphatic hydroxyl groups excluding tert-OH is 1. The van der Waals surface area contributed by atoms with Crippen molar-refractivity contribution in [3.8, 4) is 0 Å². The second-order valence-electron chi connectivity index (χ2n) is 5.09. The number of nitrogens with one attached hydrogen (secondary N) is 1. The first-order chi connectivity index (χ1) is 10.1. The molecule has 0 bridgehead atoms. The molecule has 1 fully saturated rings. The number of H-pyrrole nitrogens is 1. The van der Waals surface area contributed by atoms with Gasteiger partial charge in [-0.15, -0.1) is 11.3 Å². The summed E-state index contributed by atoms with van der Waals surface area (Å²) in [6, 6.07) is 3.37. The lowest BCUT2D eigenvalue weighted by atomic mass is 9.92. The SMILES string of the molecule is O=S(=O)(c1cccs1)N1CCC([C@@H](O)c2ncc[nH]2)CC1. The molecular weight excluding hydrogens is 310 g/mol. The smallest absolute Gasteiger partial charge is 0.252 e. The van der Waals surface area contributed by atoms with Crippen molar-refractivity contribution in [2.75, 3.05) is 13.1 Å². The summed E-state index contributed by atoms with van der Waals surface area (Å²) in [4.78, 5) is 6.97. The summed E-state index contributed by atoms with van der Waals surface area (Å²) in [6.07, 6.45) is 3.88. The molecule has 0 aromatic carbocycles. The number of rotatable bonds is 4. The molecule has 1 aliphatic heterocycles. The van der Waals surface area contributed by atoms with Gasteiger partial charge in [0, 0.05) is 25.5 Å². The van der Waals surface area contributed by atoms with E-state index in [0.29, 0.717) is 36.0 Å². The van der Waals surface area contributed by atoms with Crippen LogP contribution in [-0.4, -0.2) is 40.9 Å². The maximum Gasteiger partial charge on any atom is 0.252 e. The topological polar surface area (TPSA) is 86.3 Å². The van der Waals surface area contributed by atoms with E-state index in [-0.39, 0.29) is 5.92 Å². The van der Waals surface area contributed by atoms with Crippen LogP contribution in [0.4, 0.5) is 0 Å². The van der Waals surface area contributed by atoms with Crippen LogP contribution >= 0.6 is 11.3 Å². The van der Waals surface area contributed by atoms with Gasteiger partial charge in [0.2, 0.25) is 0 Å². The Kier molecular flexibility index (Phi) is 4.12. The normalized spacial score (nSPS) is 19.7. The summed E-state index contributed by atoms with van der Waals surface area (Å²) in [5.41, 5.74) is 0. The largest absolute Gasteiger partial charge is 0.385 e. The molecule has 6 nitrogen and oxygen atoms in total. The number of aromatic amines is 1. The average Bonchev–Trinajstić information content (AvgIpc) is 3.19. The molecule has 0 unspecified atom stereocenters. The lowest BCUT2D eigenvalue weighted by Crippen LogP contribution is -2.39. The van der Waals surface area contributed by atoms with E-state index < -0.39 is 16.1 Å². The highest BCUT2D eigenvalue weighted by atomic mass is 32.2. The van der Waals surface area contributed by atoms with Crippen LogP contribution in [0.25, 0.3) is 0 Å². The molecule has 3 rings (SSSR count). The number of aromatic nitrogens is 2. The number of nitrogens with zero attached hydrogens (tertiary/aromatic N) is 2. The van der Waals surface area contributed by atoms with Gasteiger partial charge in [0.15, 0.2) is 0 Å². The predicted molar refractivity (Wildman–Crippen MR) is 79.3 cm³/mol. The fourth-order valence-corrected chi connectivity index (χ4v) is 5.25. The number of aliphatic hydroxyl groups is 1. The molecule has 0 aliphatic carbocycles. The van der Waals surface area contributed by atoms with E-state index in [0.717, 1.165) is 0 Å². The van der Waals surface area contributed by atoms with Crippen molar-refractivity contribution in [3.05, 3.63) is 35.7 Å². The fraction of sp³-hybridized carbons (Fsp3) is 0.462. The highest BCUT2D eigenvalue weighted by Gasteiger charge is 2.33. The summed E-state index contributed by atoms with van der Waals surface area (Å²) in [5.74, 6) is 0.584. The third-order valence-corrected chi connectivity index (χ3v) is 7.11. The Morgan fingerprint density at radius 1 is 1.43 bits per heavy atom. The molecule has 2 N–H and O–H groups in total. The molecular formula is C13H17N3O3S2. The van der Waals surface area contributed by atoms with Crippen LogP contribution in [0.5, 0.6) is 0 Å². The second-order valence-corrected chi connectivity index (χ2v) is 8.21. The molecule has 0 radical (unpaired) electrons. The van der Waals surface area contributed by atoms with Gasteiger partial charge in [-0.1, -0.05) is 6.07 Å². The summed E-state index contributed by atoms with van der Waals surface area (Å²) >= 11 is 1.23. The summed E-state index contributed by atoms with van der Waals surface area (Å²) < 4.78 is 26.7. The fourth-order valence-electron chi connectivity index (χ4n) is 2.63. The third kappa shape index (κ3) is 2.89. The molecule has 0 amide bonds. The molecule has 1 atom stereocenters. The molecule has 2 aromatic rings. The standard InChI is InChI=1S/C13H17N3O3S2/c17-12(13-14-5-6-15-13)10-3-7-16(8-4-10)21(18,19)11-2-1-9-20-11/h1-2,5-6,9-10,12,17H,3-4,7-8H2,(H,14,15)/t12-/m1/s1. The number of sulfonamides is 1. The molecule has 1 aliphatic rings. The first-order valence-corrected chi connectivity index (χ1v) is 9.12. The third-order valence-electron chi connectivity index (χ3n) is 3.83. The van der Waals surface area contributed by atoms with Crippen LogP contribution in [0.2, 0.25) is 0 Å². The minimum absolute atomic E-state index is 0.0333. The van der Waals surface area contributed by atoms with Crippen molar-refractivity contribution in [3.63, 3.8) is 0 Å². The molecule has 114 valence electrons. The van der Waals surface area contributed by atoms with Gasteiger partial charge in [-0.05, 0) is 30.2 Å². The lowest BCUT2D eigenvalue weighted by Gasteiger charge is -2.32. The molecule has 2 aromatic heterocycles. The van der Waals surface area contributed by atoms with Gasteiger partial charge in [0.1, 0.15) is 16.1 Å². The van der Waals surface area contributed by atoms with Crippen molar-refractivity contribution in [1.29, 1.82) is 0 Å². The van der Waals surface area contributed by atoms with Gasteiger partial charge in [0.05, 0.1) is 0 Å². The number of piperidine rings is 1. The van der Waals surface area contributed by atoms with E-state index in [9.17, 15) is 13.5 Å². The minimum Gasteiger partial charge on any atom is -0.385 e. The molecule has 0 saturated carbocycles. The quantitative estimate of drug-likeness (QED) is 0.893. The van der Waals surface area contributed by atoms with E-state index >= 15 is 0 Å². The van der Waals surface area contributed by atoms with Gasteiger partial charge < -0.3 is 10.1 Å². The highest BCUT2D eigenvalue weighted by molar-refractivity contribution is 7.91. The van der Waals surface area contributed by atoms with Crippen molar-refractivity contribution in [1.82, 2.24) is 14.3 Å². The van der Waals surface area contributed by atoms with Crippen LogP contribution in [0.15, 0.2) is 34.1 Å². The van der Waals surface area contributed by atoms with E-state index in [1.165, 1.54) is 15.6 Å². The Balaban J connectivity index is 1.66. The van der Waals surface area contributed by atoms with Gasteiger partial charge >= 0.3 is 0 Å². The Bertz CT molecular complexity index is 660. The molecule has 21 heavy (non-hydrogen) atoms. The molecule has 8 heteroatoms. The zero-order valence-corrected chi connectivity index (χ0v) is 13.0. The van der Waals surface area contributed by atoms with Crippen LogP contribution in [0.3, 0.4) is 0 Å². The zero-order valence-electron chi connectivity index (χ0n) is 11.3. The summed E-state index contributed by atoms with van der Waals surface area (Å²) in [5, 5.41) is 12.0. The number of hydrogen-bond acceptors (Lipinski definition) is 5. The molecule has 0 spiro atoms. The van der Waals surface area contributed by atoms with Crippen LogP contribution in [-0.2, 0) is 10.0 Å². The summed E-state index contributed by atoms with van der Waals surface area (Å²) in [7, 11) is -3.37. The summed E-state index contributed by atoms with van der Waals surface area (Å²) in [6.45, 7) is 0.866. The van der Waals surface area contributed by atoms with Crippen molar-refractivity contribution in [2.45, 2.75) is 23.2 Å². The molecule has 1 saturated heterocycles. The van der Waals surface area contributed by atoms with Crippen LogP contribution in [0, 0.1) is 5.92 Å². The molecule has 3 heterocycles.